The summed E-state index contributed by atoms with van der Waals surface area (Å²) in [6, 6.07) is 8.76. The number of hydrogen-bond acceptors (Lipinski definition) is 5. The minimum Gasteiger partial charge on any atom is -0.460 e. The Bertz CT molecular complexity index is 782. The molecule has 3 aliphatic carbocycles. The first-order chi connectivity index (χ1) is 13.7. The maximum absolute atomic E-state index is 12.7. The average Bonchev–Trinajstić information content (AvgIpc) is 2.70. The van der Waals surface area contributed by atoms with Crippen LogP contribution in [0, 0.1) is 23.7 Å². The molecule has 156 valence electrons. The van der Waals surface area contributed by atoms with Crippen LogP contribution in [0.25, 0.3) is 0 Å². The second kappa shape index (κ2) is 8.41. The fraction of sp³-hybridized carbons (Fsp3) is 0.478. The molecule has 3 aliphatic rings. The van der Waals surface area contributed by atoms with Crippen LogP contribution in [0.2, 0.25) is 0 Å². The van der Waals surface area contributed by atoms with Gasteiger partial charge in [-0.15, -0.1) is 6.58 Å². The lowest BCUT2D eigenvalue weighted by Crippen LogP contribution is -2.56. The van der Waals surface area contributed by atoms with Crippen LogP contribution in [0.3, 0.4) is 0 Å². The molecule has 0 saturated heterocycles. The second-order valence-electron chi connectivity index (χ2n) is 8.69. The van der Waals surface area contributed by atoms with Crippen LogP contribution in [-0.4, -0.2) is 34.0 Å². The number of esters is 1. The molecule has 1 unspecified atom stereocenters. The molecule has 0 aliphatic heterocycles. The van der Waals surface area contributed by atoms with Gasteiger partial charge in [0.1, 0.15) is 12.2 Å². The van der Waals surface area contributed by atoms with Crippen LogP contribution in [0.15, 0.2) is 55.1 Å². The van der Waals surface area contributed by atoms with E-state index < -0.39 is 17.7 Å². The van der Waals surface area contributed by atoms with Gasteiger partial charge in [-0.05, 0) is 38.7 Å². The molecule has 0 radical (unpaired) electrons. The van der Waals surface area contributed by atoms with Gasteiger partial charge in [0.25, 0.3) is 0 Å². The van der Waals surface area contributed by atoms with Crippen molar-refractivity contribution < 1.29 is 24.3 Å². The monoisotopic (exact) mass is 399 g/mol. The van der Waals surface area contributed by atoms with E-state index in [1.807, 2.05) is 63.3 Å². The van der Waals surface area contributed by atoms with Gasteiger partial charge in [0, 0.05) is 11.8 Å². The molecule has 29 heavy (non-hydrogen) atoms. The molecule has 1 N–H and O–H groups in total. The summed E-state index contributed by atoms with van der Waals surface area (Å²) in [5.41, 5.74) is 0.273. The van der Waals surface area contributed by atoms with Crippen molar-refractivity contribution in [3.8, 4) is 0 Å². The highest BCUT2D eigenvalue weighted by molar-refractivity contribution is 5.74. The number of ether oxygens (including phenoxy) is 2. The molecule has 1 aromatic carbocycles. The van der Waals surface area contributed by atoms with E-state index in [0.29, 0.717) is 11.5 Å². The summed E-state index contributed by atoms with van der Waals surface area (Å²) >= 11 is 0. The summed E-state index contributed by atoms with van der Waals surface area (Å²) in [5.74, 6) is -1.22. The van der Waals surface area contributed by atoms with Gasteiger partial charge in [0.2, 0.25) is 0 Å². The highest BCUT2D eigenvalue weighted by atomic mass is 16.6. The van der Waals surface area contributed by atoms with Crippen molar-refractivity contribution in [2.75, 3.05) is 0 Å². The number of allylic oxidation sites excluding steroid dienone is 1. The van der Waals surface area contributed by atoms with Gasteiger partial charge in [-0.1, -0.05) is 48.6 Å². The predicted molar refractivity (Wildman–Crippen MR) is 108 cm³/mol. The topological polar surface area (TPSA) is 76.1 Å². The van der Waals surface area contributed by atoms with E-state index in [-0.39, 0.29) is 36.2 Å². The van der Waals surface area contributed by atoms with E-state index in [1.54, 1.807) is 6.08 Å². The highest BCUT2D eigenvalue weighted by Crippen LogP contribution is 2.47. The normalized spacial score (nSPS) is 27.9. The lowest BCUT2D eigenvalue weighted by molar-refractivity contribution is -0.173. The Morgan fingerprint density at radius 1 is 1.24 bits per heavy atom. The molecule has 1 amide bonds. The summed E-state index contributed by atoms with van der Waals surface area (Å²) in [6.07, 6.45) is 5.35. The number of benzene rings is 1. The van der Waals surface area contributed by atoms with Gasteiger partial charge in [0.15, 0.2) is 0 Å². The zero-order chi connectivity index (χ0) is 21.2. The number of carbonyl (C=O) groups excluding carboxylic acids is 2. The van der Waals surface area contributed by atoms with E-state index in [2.05, 4.69) is 6.58 Å². The standard InChI is InChI=1S/C23H29NO5/c1-5-17-18-12-11-16(13-19(18)21(25)29-23(2,3)4)20(17)24(27)22(26)28-14-15-9-7-6-8-10-15/h5-12,16-20,27H,1,13-14H2,2-4H3/t16-,17-,18-,19?,20-/m1/s1. The van der Waals surface area contributed by atoms with Crippen LogP contribution in [0.1, 0.15) is 32.8 Å². The van der Waals surface area contributed by atoms with Crippen molar-refractivity contribution in [3.05, 3.63) is 60.7 Å². The highest BCUT2D eigenvalue weighted by Gasteiger charge is 2.51. The largest absolute Gasteiger partial charge is 0.460 e. The SMILES string of the molecule is C=C[C@H]1[C@H](N(O)C(=O)OCc2ccccc2)[C@@H]2C=C[C@H]1C(C(=O)OC(C)(C)C)C2. The third-order valence-corrected chi connectivity index (χ3v) is 5.51. The lowest BCUT2D eigenvalue weighted by atomic mass is 9.60. The number of hydrogen-bond donors (Lipinski definition) is 1. The van der Waals surface area contributed by atoms with Crippen molar-refractivity contribution in [2.24, 2.45) is 23.7 Å². The predicted octanol–water partition coefficient (Wildman–Crippen LogP) is 4.35. The Balaban J connectivity index is 1.69. The number of nitrogens with zero attached hydrogens (tertiary/aromatic N) is 1. The van der Waals surface area contributed by atoms with Gasteiger partial charge in [0.05, 0.1) is 12.0 Å². The van der Waals surface area contributed by atoms with Crippen molar-refractivity contribution in [2.45, 2.75) is 45.4 Å². The van der Waals surface area contributed by atoms with Gasteiger partial charge in [-0.25, -0.2) is 4.79 Å². The van der Waals surface area contributed by atoms with Crippen molar-refractivity contribution in [1.29, 1.82) is 0 Å². The minimum atomic E-state index is -0.805. The first-order valence-electron chi connectivity index (χ1n) is 9.94. The van der Waals surface area contributed by atoms with Gasteiger partial charge >= 0.3 is 12.1 Å². The Morgan fingerprint density at radius 2 is 1.93 bits per heavy atom. The van der Waals surface area contributed by atoms with E-state index in [4.69, 9.17) is 9.47 Å². The zero-order valence-electron chi connectivity index (χ0n) is 17.2. The van der Waals surface area contributed by atoms with Crippen LogP contribution >= 0.6 is 0 Å². The van der Waals surface area contributed by atoms with E-state index in [1.165, 1.54) is 0 Å². The van der Waals surface area contributed by atoms with Crippen molar-refractivity contribution in [3.63, 3.8) is 0 Å². The lowest BCUT2D eigenvalue weighted by Gasteiger charge is -2.49. The van der Waals surface area contributed by atoms with Crippen molar-refractivity contribution >= 4 is 12.1 Å². The fourth-order valence-corrected chi connectivity index (χ4v) is 4.28. The molecule has 5 atom stereocenters. The molecule has 6 heteroatoms. The minimum absolute atomic E-state index is 0.0761. The Hall–Kier alpha value is -2.60. The van der Waals surface area contributed by atoms with Crippen LogP contribution in [-0.2, 0) is 20.9 Å². The molecule has 2 bridgehead atoms. The number of hydroxylamine groups is 2. The molecule has 0 aromatic heterocycles. The van der Waals surface area contributed by atoms with Gasteiger partial charge < -0.3 is 9.47 Å². The first kappa shape index (κ1) is 21.1. The summed E-state index contributed by atoms with van der Waals surface area (Å²) < 4.78 is 10.8. The maximum Gasteiger partial charge on any atom is 0.434 e. The quantitative estimate of drug-likeness (QED) is 0.345. The summed E-state index contributed by atoms with van der Waals surface area (Å²) in [7, 11) is 0. The maximum atomic E-state index is 12.7. The van der Waals surface area contributed by atoms with E-state index in [9.17, 15) is 14.8 Å². The Morgan fingerprint density at radius 3 is 2.55 bits per heavy atom. The number of carbonyl (C=O) groups is 2. The number of amides is 1. The number of fused-ring (bicyclic) bond motifs is 2. The Labute approximate surface area is 171 Å². The second-order valence-corrected chi connectivity index (χ2v) is 8.69. The number of rotatable bonds is 5. The van der Waals surface area contributed by atoms with Crippen LogP contribution < -0.4 is 0 Å². The average molecular weight is 399 g/mol. The molecule has 1 fully saturated rings. The molecule has 0 heterocycles. The fourth-order valence-electron chi connectivity index (χ4n) is 4.28. The Kier molecular flexibility index (Phi) is 6.13. The van der Waals surface area contributed by atoms with Crippen molar-refractivity contribution in [1.82, 2.24) is 5.06 Å². The van der Waals surface area contributed by atoms with Gasteiger partial charge in [-0.3, -0.25) is 10.0 Å². The van der Waals surface area contributed by atoms with Crippen LogP contribution in [0.5, 0.6) is 0 Å². The summed E-state index contributed by atoms with van der Waals surface area (Å²) in [6.45, 7) is 9.48. The van der Waals surface area contributed by atoms with E-state index in [0.717, 1.165) is 5.56 Å². The summed E-state index contributed by atoms with van der Waals surface area (Å²) in [5, 5.41) is 11.3. The molecule has 1 saturated carbocycles. The molecule has 4 rings (SSSR count). The smallest absolute Gasteiger partial charge is 0.434 e. The van der Waals surface area contributed by atoms with E-state index >= 15 is 0 Å². The van der Waals surface area contributed by atoms with Gasteiger partial charge in [-0.2, -0.15) is 5.06 Å². The zero-order valence-corrected chi connectivity index (χ0v) is 17.2. The molecular formula is C23H29NO5. The third-order valence-electron chi connectivity index (χ3n) is 5.51. The molecular weight excluding hydrogens is 370 g/mol. The molecule has 6 nitrogen and oxygen atoms in total. The summed E-state index contributed by atoms with van der Waals surface area (Å²) in [4.78, 5) is 25.1. The first-order valence-corrected chi connectivity index (χ1v) is 9.94. The molecule has 0 spiro atoms. The van der Waals surface area contributed by atoms with Crippen LogP contribution in [0.4, 0.5) is 4.79 Å². The molecule has 1 aromatic rings. The third kappa shape index (κ3) is 4.70.